The van der Waals surface area contributed by atoms with Crippen molar-refractivity contribution >= 4 is 16.1 Å². The molecule has 0 radical (unpaired) electrons. The van der Waals surface area contributed by atoms with Crippen molar-refractivity contribution in [3.05, 3.63) is 29.5 Å². The molecule has 0 aliphatic heterocycles. The summed E-state index contributed by atoms with van der Waals surface area (Å²) in [5.74, 6) is -0.155. The molecule has 1 unspecified atom stereocenters. The van der Waals surface area contributed by atoms with Crippen LogP contribution in [0.25, 0.3) is 0 Å². The summed E-state index contributed by atoms with van der Waals surface area (Å²) < 4.78 is 32.8. The number of rotatable bonds is 3. The minimum Gasteiger partial charge on any atom is -0.595 e. The highest BCUT2D eigenvalue weighted by Gasteiger charge is 2.07. The number of quaternary nitrogens is 1. The van der Waals surface area contributed by atoms with E-state index in [0.717, 1.165) is 24.3 Å². The van der Waals surface area contributed by atoms with Crippen molar-refractivity contribution in [1.82, 2.24) is 0 Å². The van der Waals surface area contributed by atoms with Gasteiger partial charge < -0.3 is 9.39 Å². The fourth-order valence-electron chi connectivity index (χ4n) is 0.775. The maximum absolute atomic E-state index is 10.4. The van der Waals surface area contributed by atoms with Crippen LogP contribution in [0.1, 0.15) is 0 Å². The van der Waals surface area contributed by atoms with E-state index >= 15 is 0 Å². The summed E-state index contributed by atoms with van der Waals surface area (Å²) in [4.78, 5) is 0. The highest BCUT2D eigenvalue weighted by molar-refractivity contribution is 7.81. The Labute approximate surface area is 79.6 Å². The Morgan fingerprint density at radius 1 is 1.29 bits per heavy atom. The lowest BCUT2D eigenvalue weighted by atomic mass is 10.3. The molecule has 3 N–H and O–H groups in total. The first-order valence-corrected chi connectivity index (χ1v) is 4.75. The maximum Gasteiger partial charge on any atom is 0.446 e. The van der Waals surface area contributed by atoms with Gasteiger partial charge in [-0.2, -0.15) is 13.6 Å². The summed E-state index contributed by atoms with van der Waals surface area (Å²) in [6, 6.07) is 4.56. The first-order chi connectivity index (χ1) is 6.38. The predicted molar refractivity (Wildman–Crippen MR) is 44.4 cm³/mol. The fraction of sp³-hybridized carbons (Fsp3) is 0. The van der Waals surface area contributed by atoms with Crippen molar-refractivity contribution in [2.24, 2.45) is 0 Å². The number of benzene rings is 1. The normalized spacial score (nSPS) is 13.6. The maximum atomic E-state index is 10.4. The van der Waals surface area contributed by atoms with Gasteiger partial charge in [0.2, 0.25) is 0 Å². The van der Waals surface area contributed by atoms with Crippen LogP contribution in [0, 0.1) is 5.21 Å². The van der Waals surface area contributed by atoms with E-state index in [1.807, 2.05) is 0 Å². The van der Waals surface area contributed by atoms with Crippen LogP contribution in [0.5, 0.6) is 5.75 Å². The molecular weight excluding hydrogens is 214 g/mol. The third-order valence-corrected chi connectivity index (χ3v) is 1.71. The van der Waals surface area contributed by atoms with Gasteiger partial charge in [0.1, 0.15) is 5.75 Å². The average molecular weight is 221 g/mol. The molecule has 1 rings (SSSR count). The second kappa shape index (κ2) is 3.90. The van der Waals surface area contributed by atoms with E-state index in [9.17, 15) is 13.6 Å². The van der Waals surface area contributed by atoms with E-state index in [1.165, 1.54) is 0 Å². The van der Waals surface area contributed by atoms with E-state index < -0.39 is 15.6 Å². The minimum absolute atomic E-state index is 0.00677. The van der Waals surface area contributed by atoms with Gasteiger partial charge in [0.25, 0.3) is 0 Å². The van der Waals surface area contributed by atoms with Crippen LogP contribution in [0.4, 0.5) is 5.69 Å². The van der Waals surface area contributed by atoms with Crippen molar-refractivity contribution in [3.8, 4) is 5.75 Å². The lowest BCUT2D eigenvalue weighted by Crippen LogP contribution is -2.99. The molecule has 0 saturated heterocycles. The monoisotopic (exact) mass is 221 g/mol. The first kappa shape index (κ1) is 10.9. The number of nitrogens with one attached hydrogen (secondary N) is 1. The fourth-order valence-corrected chi connectivity index (χ4v) is 1.13. The molecule has 0 aliphatic rings. The van der Waals surface area contributed by atoms with Gasteiger partial charge in [0, 0.05) is 12.1 Å². The molecule has 78 valence electrons. The van der Waals surface area contributed by atoms with E-state index in [-0.39, 0.29) is 11.4 Å². The number of hydrogen-bond acceptors (Lipinski definition) is 5. The molecule has 0 fully saturated rings. The second-order valence-corrected chi connectivity index (χ2v) is 3.36. The highest BCUT2D eigenvalue weighted by atomic mass is 32.3. The van der Waals surface area contributed by atoms with Gasteiger partial charge in [-0.3, -0.25) is 4.55 Å². The molecule has 14 heavy (non-hydrogen) atoms. The van der Waals surface area contributed by atoms with Gasteiger partial charge in [-0.15, -0.1) is 0 Å². The summed E-state index contributed by atoms with van der Waals surface area (Å²) >= 11 is 0. The van der Waals surface area contributed by atoms with Gasteiger partial charge in [-0.1, -0.05) is 0 Å². The molecule has 8 heteroatoms. The van der Waals surface area contributed by atoms with Crippen molar-refractivity contribution in [1.29, 1.82) is 0 Å². The molecule has 0 amide bonds. The first-order valence-electron chi connectivity index (χ1n) is 3.39. The van der Waals surface area contributed by atoms with Gasteiger partial charge in [0.05, 0.1) is 0 Å². The zero-order valence-corrected chi connectivity index (χ0v) is 7.56. The van der Waals surface area contributed by atoms with Crippen molar-refractivity contribution in [2.45, 2.75) is 0 Å². The summed E-state index contributed by atoms with van der Waals surface area (Å²) in [5.41, 5.74) is -0.00677. The standard InChI is InChI=1S/C6H7NO6S/c8-7(9)5-1-3-6(4-2-5)13-14(10,11)12/h1-4,7-8H,(H,10,11,12). The van der Waals surface area contributed by atoms with Crippen molar-refractivity contribution < 1.29 is 27.6 Å². The summed E-state index contributed by atoms with van der Waals surface area (Å²) in [6.45, 7) is 0. The summed E-state index contributed by atoms with van der Waals surface area (Å²) in [6.07, 6.45) is 0. The number of hydrogen-bond donors (Lipinski definition) is 3. The Hall–Kier alpha value is -1.19. The zero-order valence-electron chi connectivity index (χ0n) is 6.75. The van der Waals surface area contributed by atoms with Crippen LogP contribution in [-0.2, 0) is 10.4 Å². The van der Waals surface area contributed by atoms with E-state index in [2.05, 4.69) is 4.18 Å². The SMILES string of the molecule is O=S(=O)(O)Oc1ccc([NH+]([O-])O)cc1. The summed E-state index contributed by atoms with van der Waals surface area (Å²) in [7, 11) is -4.56. The lowest BCUT2D eigenvalue weighted by molar-refractivity contribution is -0.991. The third-order valence-electron chi connectivity index (χ3n) is 1.30. The molecule has 1 aromatic carbocycles. The molecule has 0 aliphatic carbocycles. The van der Waals surface area contributed by atoms with Gasteiger partial charge >= 0.3 is 10.4 Å². The van der Waals surface area contributed by atoms with Gasteiger partial charge in [-0.25, -0.2) is 5.21 Å². The average Bonchev–Trinajstić information content (AvgIpc) is 2.02. The lowest BCUT2D eigenvalue weighted by Gasteiger charge is -2.11. The van der Waals surface area contributed by atoms with E-state index in [4.69, 9.17) is 9.76 Å². The predicted octanol–water partition coefficient (Wildman–Crippen LogP) is -0.728. The Bertz CT molecular complexity index is 397. The molecule has 0 spiro atoms. The molecule has 0 saturated carbocycles. The minimum atomic E-state index is -4.56. The van der Waals surface area contributed by atoms with Crippen LogP contribution < -0.4 is 9.41 Å². The molecular formula is C6H7NO6S. The van der Waals surface area contributed by atoms with Gasteiger partial charge in [-0.05, 0) is 12.1 Å². The van der Waals surface area contributed by atoms with Crippen LogP contribution in [0.2, 0.25) is 0 Å². The molecule has 1 aromatic rings. The molecule has 7 nitrogen and oxygen atoms in total. The van der Waals surface area contributed by atoms with Crippen LogP contribution >= 0.6 is 0 Å². The molecule has 0 bridgehead atoms. The highest BCUT2D eigenvalue weighted by Crippen LogP contribution is 2.14. The smallest absolute Gasteiger partial charge is 0.446 e. The van der Waals surface area contributed by atoms with Crippen LogP contribution in [0.15, 0.2) is 24.3 Å². The molecule has 0 aromatic heterocycles. The van der Waals surface area contributed by atoms with Crippen LogP contribution in [0.3, 0.4) is 0 Å². The Morgan fingerprint density at radius 2 is 1.79 bits per heavy atom. The zero-order chi connectivity index (χ0) is 10.8. The summed E-state index contributed by atoms with van der Waals surface area (Å²) in [5, 5.41) is 17.8. The van der Waals surface area contributed by atoms with E-state index in [1.54, 1.807) is 0 Å². The van der Waals surface area contributed by atoms with Gasteiger partial charge in [0.15, 0.2) is 5.69 Å². The topological polar surface area (TPSA) is 111 Å². The van der Waals surface area contributed by atoms with Crippen LogP contribution in [-0.4, -0.2) is 18.2 Å². The third kappa shape index (κ3) is 3.28. The molecule has 1 atom stereocenters. The molecule has 0 heterocycles. The second-order valence-electron chi connectivity index (χ2n) is 2.34. The quantitative estimate of drug-likeness (QED) is 0.458. The largest absolute Gasteiger partial charge is 0.595 e. The Kier molecular flexibility index (Phi) is 3.03. The Balaban J connectivity index is 2.84. The Morgan fingerprint density at radius 3 is 2.14 bits per heavy atom. The van der Waals surface area contributed by atoms with Crippen molar-refractivity contribution in [3.63, 3.8) is 0 Å². The van der Waals surface area contributed by atoms with Crippen molar-refractivity contribution in [2.75, 3.05) is 0 Å². The van der Waals surface area contributed by atoms with E-state index in [0.29, 0.717) is 0 Å².